The first-order valence-electron chi connectivity index (χ1n) is 9.74. The lowest BCUT2D eigenvalue weighted by Crippen LogP contribution is -3.00. The third-order valence-electron chi connectivity index (χ3n) is 4.81. The van der Waals surface area contributed by atoms with E-state index in [1.54, 1.807) is 0 Å². The molecule has 0 nitrogen and oxygen atoms in total. The van der Waals surface area contributed by atoms with E-state index < -0.39 is 7.26 Å². The molecule has 2 heteroatoms. The van der Waals surface area contributed by atoms with E-state index in [9.17, 15) is 0 Å². The van der Waals surface area contributed by atoms with Gasteiger partial charge < -0.3 is 17.0 Å². The molecule has 3 aromatic rings. The molecule has 0 fully saturated rings. The summed E-state index contributed by atoms with van der Waals surface area (Å²) in [4.78, 5) is 0. The molecule has 0 radical (unpaired) electrons. The van der Waals surface area contributed by atoms with Crippen molar-refractivity contribution < 1.29 is 17.0 Å². The lowest BCUT2D eigenvalue weighted by atomic mass is 10.3. The summed E-state index contributed by atoms with van der Waals surface area (Å²) in [5.74, 6) is 0. The molecule has 0 aliphatic rings. The molecule has 0 N–H and O–H groups in total. The van der Waals surface area contributed by atoms with Crippen LogP contribution in [-0.4, -0.2) is 6.16 Å². The van der Waals surface area contributed by atoms with Crippen LogP contribution in [-0.2, 0) is 0 Å². The summed E-state index contributed by atoms with van der Waals surface area (Å²) >= 11 is 0. The smallest absolute Gasteiger partial charge is 0.115 e. The molecule has 28 heavy (non-hydrogen) atoms. The Morgan fingerprint density at radius 2 is 1.00 bits per heavy atom. The molecule has 0 amide bonds. The fraction of sp³-hybridized carbons (Fsp3) is 0.154. The van der Waals surface area contributed by atoms with E-state index in [1.807, 2.05) is 0 Å². The first-order valence-corrected chi connectivity index (χ1v) is 11.7. The van der Waals surface area contributed by atoms with Crippen LogP contribution in [0.3, 0.4) is 0 Å². The predicted octanol–water partition coefficient (Wildman–Crippen LogP) is 2.90. The number of halogens is 1. The van der Waals surface area contributed by atoms with Crippen molar-refractivity contribution in [1.82, 2.24) is 0 Å². The van der Waals surface area contributed by atoms with Gasteiger partial charge in [0.15, 0.2) is 0 Å². The van der Waals surface area contributed by atoms with Crippen LogP contribution >= 0.6 is 7.26 Å². The Kier molecular flexibility index (Phi) is 9.41. The van der Waals surface area contributed by atoms with Crippen molar-refractivity contribution in [1.29, 1.82) is 0 Å². The molecule has 0 unspecified atom stereocenters. The average Bonchev–Trinajstić information content (AvgIpc) is 2.75. The highest BCUT2D eigenvalue weighted by Gasteiger charge is 2.43. The highest BCUT2D eigenvalue weighted by molar-refractivity contribution is 7.95. The van der Waals surface area contributed by atoms with Gasteiger partial charge in [0.05, 0.1) is 6.16 Å². The molecule has 0 aliphatic carbocycles. The van der Waals surface area contributed by atoms with Crippen molar-refractivity contribution in [3.8, 4) is 0 Å². The van der Waals surface area contributed by atoms with Crippen LogP contribution in [0.2, 0.25) is 0 Å². The second kappa shape index (κ2) is 11.8. The summed E-state index contributed by atoms with van der Waals surface area (Å²) in [7, 11) is -1.73. The molecule has 0 aromatic heterocycles. The quantitative estimate of drug-likeness (QED) is 0.365. The topological polar surface area (TPSA) is 0 Å². The Labute approximate surface area is 181 Å². The summed E-state index contributed by atoms with van der Waals surface area (Å²) in [5.41, 5.74) is 0. The second-order valence-corrected chi connectivity index (χ2v) is 10.2. The number of unbranched alkanes of at least 4 members (excludes halogenated alkanes) is 1. The first-order chi connectivity index (χ1) is 13.4. The molecule has 3 aromatic carbocycles. The predicted molar refractivity (Wildman–Crippen MR) is 123 cm³/mol. The number of rotatable bonds is 8. The number of benzene rings is 3. The van der Waals surface area contributed by atoms with Gasteiger partial charge in [-0.1, -0.05) is 86.2 Å². The number of allylic oxidation sites excluding steroid dienone is 4. The fourth-order valence-corrected chi connectivity index (χ4v) is 7.46. The van der Waals surface area contributed by atoms with E-state index in [2.05, 4.69) is 122 Å². The van der Waals surface area contributed by atoms with Gasteiger partial charge >= 0.3 is 0 Å². The van der Waals surface area contributed by atoms with Gasteiger partial charge in [-0.05, 0) is 48.9 Å². The van der Waals surface area contributed by atoms with Gasteiger partial charge in [0, 0.05) is 0 Å². The zero-order chi connectivity index (χ0) is 18.8. The van der Waals surface area contributed by atoms with Gasteiger partial charge in [0.2, 0.25) is 0 Å². The second-order valence-electron chi connectivity index (χ2n) is 6.64. The monoisotopic (exact) mass is 450 g/mol. The maximum absolute atomic E-state index is 2.35. The van der Waals surface area contributed by atoms with Crippen LogP contribution < -0.4 is 32.9 Å². The summed E-state index contributed by atoms with van der Waals surface area (Å²) in [6, 6.07) is 33.1. The molecular formula is C26H28BrP. The minimum atomic E-state index is -1.73. The molecule has 0 bridgehead atoms. The molecule has 0 aliphatic heterocycles. The minimum Gasteiger partial charge on any atom is -1.00 e. The normalized spacial score (nSPS) is 11.6. The first kappa shape index (κ1) is 22.3. The number of hydrogen-bond donors (Lipinski definition) is 0. The molecule has 0 spiro atoms. The maximum atomic E-state index is 2.35. The Morgan fingerprint density at radius 3 is 1.39 bits per heavy atom. The van der Waals surface area contributed by atoms with Crippen molar-refractivity contribution >= 4 is 23.2 Å². The molecule has 0 saturated heterocycles. The summed E-state index contributed by atoms with van der Waals surface area (Å²) in [6.07, 6.45) is 12.4. The van der Waals surface area contributed by atoms with Crippen molar-refractivity contribution in [2.75, 3.05) is 6.16 Å². The fourth-order valence-electron chi connectivity index (χ4n) is 3.45. The van der Waals surface area contributed by atoms with Crippen LogP contribution in [0.4, 0.5) is 0 Å². The van der Waals surface area contributed by atoms with Crippen molar-refractivity contribution in [2.45, 2.75) is 19.8 Å². The van der Waals surface area contributed by atoms with Gasteiger partial charge in [0.1, 0.15) is 23.2 Å². The van der Waals surface area contributed by atoms with Gasteiger partial charge in [-0.25, -0.2) is 0 Å². The van der Waals surface area contributed by atoms with Gasteiger partial charge in [-0.2, -0.15) is 0 Å². The van der Waals surface area contributed by atoms with E-state index >= 15 is 0 Å². The van der Waals surface area contributed by atoms with Gasteiger partial charge in [0.25, 0.3) is 0 Å². The van der Waals surface area contributed by atoms with Crippen LogP contribution in [0.15, 0.2) is 115 Å². The Bertz CT molecular complexity index is 758. The SMILES string of the molecule is CCCC=CC=CC[P+](c1ccccc1)(c1ccccc1)c1ccccc1.[Br-]. The van der Waals surface area contributed by atoms with Crippen LogP contribution in [0.5, 0.6) is 0 Å². The third kappa shape index (κ3) is 5.31. The van der Waals surface area contributed by atoms with E-state index in [0.29, 0.717) is 0 Å². The lowest BCUT2D eigenvalue weighted by molar-refractivity contribution is -0.00000531. The van der Waals surface area contributed by atoms with E-state index in [4.69, 9.17) is 0 Å². The van der Waals surface area contributed by atoms with E-state index in [1.165, 1.54) is 22.3 Å². The Balaban J connectivity index is 0.00000280. The molecule has 0 heterocycles. The Morgan fingerprint density at radius 1 is 0.607 bits per heavy atom. The van der Waals surface area contributed by atoms with Gasteiger partial charge in [-0.15, -0.1) is 0 Å². The molecule has 3 rings (SSSR count). The summed E-state index contributed by atoms with van der Waals surface area (Å²) < 4.78 is 0. The zero-order valence-corrected chi connectivity index (χ0v) is 18.9. The summed E-state index contributed by atoms with van der Waals surface area (Å²) in [6.45, 7) is 2.21. The largest absolute Gasteiger partial charge is 1.00 e. The van der Waals surface area contributed by atoms with Crippen molar-refractivity contribution in [3.63, 3.8) is 0 Å². The van der Waals surface area contributed by atoms with Gasteiger partial charge in [-0.3, -0.25) is 0 Å². The highest BCUT2D eigenvalue weighted by Crippen LogP contribution is 2.55. The molecule has 0 atom stereocenters. The maximum Gasteiger partial charge on any atom is 0.115 e. The third-order valence-corrected chi connectivity index (χ3v) is 9.11. The molecule has 0 saturated carbocycles. The van der Waals surface area contributed by atoms with E-state index in [-0.39, 0.29) is 17.0 Å². The highest BCUT2D eigenvalue weighted by atomic mass is 79.9. The van der Waals surface area contributed by atoms with Crippen LogP contribution in [0.1, 0.15) is 19.8 Å². The molecule has 144 valence electrons. The van der Waals surface area contributed by atoms with Crippen LogP contribution in [0, 0.1) is 0 Å². The minimum absolute atomic E-state index is 0. The lowest BCUT2D eigenvalue weighted by Gasteiger charge is -2.26. The number of hydrogen-bond acceptors (Lipinski definition) is 0. The summed E-state index contributed by atoms with van der Waals surface area (Å²) in [5, 5.41) is 4.30. The Hall–Kier alpha value is -1.95. The van der Waals surface area contributed by atoms with E-state index in [0.717, 1.165) is 12.6 Å². The van der Waals surface area contributed by atoms with Crippen LogP contribution in [0.25, 0.3) is 0 Å². The average molecular weight is 451 g/mol. The zero-order valence-electron chi connectivity index (χ0n) is 16.4. The van der Waals surface area contributed by atoms with Crippen molar-refractivity contribution in [2.24, 2.45) is 0 Å². The molecular weight excluding hydrogens is 423 g/mol. The standard InChI is InChI=1S/C26H28P.BrH/c1-2-3-4-5-6-16-23-27(24-17-10-7-11-18-24,25-19-12-8-13-20-25)26-21-14-9-15-22-26;/h4-22H,2-3,23H2,1H3;1H/q+1;/p-1. The van der Waals surface area contributed by atoms with Crippen molar-refractivity contribution in [3.05, 3.63) is 115 Å².